The molecule has 2 N–H and O–H groups in total. The highest BCUT2D eigenvalue weighted by atomic mass is 32.2. The number of hydrogen-bond donors (Lipinski definition) is 4. The van der Waals surface area contributed by atoms with E-state index in [0.29, 0.717) is 0 Å². The molecule has 0 spiro atoms. The molecule has 0 aliphatic rings. The van der Waals surface area contributed by atoms with Gasteiger partial charge in [0.15, 0.2) is 0 Å². The van der Waals surface area contributed by atoms with Crippen molar-refractivity contribution in [1.82, 2.24) is 0 Å². The normalized spacial score (nSPS) is 13.9. The zero-order chi connectivity index (χ0) is 11.1. The van der Waals surface area contributed by atoms with E-state index in [9.17, 15) is 9.59 Å². The van der Waals surface area contributed by atoms with Gasteiger partial charge in [0.05, 0.1) is 4.58 Å². The Balaban J connectivity index is 4.45. The number of rotatable bonds is 5. The van der Waals surface area contributed by atoms with Crippen molar-refractivity contribution in [3.63, 3.8) is 0 Å². The second-order valence-corrected chi connectivity index (χ2v) is 3.91. The fourth-order valence-electron chi connectivity index (χ4n) is 0.650. The van der Waals surface area contributed by atoms with Crippen LogP contribution in [-0.4, -0.2) is 26.7 Å². The molecule has 0 fully saturated rings. The van der Waals surface area contributed by atoms with Crippen molar-refractivity contribution < 1.29 is 19.8 Å². The Morgan fingerprint density at radius 2 is 1.36 bits per heavy atom. The number of carboxylic acid groups (broad SMARTS) is 2. The van der Waals surface area contributed by atoms with Crippen LogP contribution in [0.5, 0.6) is 0 Å². The van der Waals surface area contributed by atoms with Gasteiger partial charge in [0.1, 0.15) is 0 Å². The monoisotopic (exact) mass is 234 g/mol. The summed E-state index contributed by atoms with van der Waals surface area (Å²) in [5.41, 5.74) is 0. The van der Waals surface area contributed by atoms with E-state index in [1.165, 1.54) is 12.2 Å². The summed E-state index contributed by atoms with van der Waals surface area (Å²) in [5.74, 6) is -2.63. The minimum Gasteiger partial charge on any atom is -0.478 e. The first-order chi connectivity index (χ1) is 6.43. The molecular formula is C8H10O4S2. The van der Waals surface area contributed by atoms with Gasteiger partial charge in [0.25, 0.3) is 0 Å². The van der Waals surface area contributed by atoms with Gasteiger partial charge in [0.2, 0.25) is 0 Å². The third-order valence-corrected chi connectivity index (χ3v) is 1.95. The maximum Gasteiger partial charge on any atom is 0.327 e. The summed E-state index contributed by atoms with van der Waals surface area (Å²) in [4.78, 5) is 20.4. The lowest BCUT2D eigenvalue weighted by Crippen LogP contribution is -2.05. The third-order valence-electron chi connectivity index (χ3n) is 1.27. The zero-order valence-corrected chi connectivity index (χ0v) is 8.86. The molecular weight excluding hydrogens is 224 g/mol. The van der Waals surface area contributed by atoms with Gasteiger partial charge in [-0.05, 0) is 0 Å². The molecule has 0 radical (unpaired) electrons. The van der Waals surface area contributed by atoms with E-state index in [4.69, 9.17) is 10.2 Å². The molecule has 0 aliphatic carbocycles. The molecule has 0 aromatic heterocycles. The van der Waals surface area contributed by atoms with Crippen LogP contribution in [0.2, 0.25) is 0 Å². The molecule has 0 saturated heterocycles. The Kier molecular flexibility index (Phi) is 6.14. The van der Waals surface area contributed by atoms with Gasteiger partial charge in [-0.25, -0.2) is 9.59 Å². The molecule has 0 aliphatic heterocycles. The largest absolute Gasteiger partial charge is 0.478 e. The lowest BCUT2D eigenvalue weighted by atomic mass is 10.1. The standard InChI is InChI=1S/C8H10O4S2/c9-6(10)3-1-5(8(13)14)2-4-7(11)12/h1-5,8,13-14H,(H,9,10)(H,11,12). The predicted molar refractivity (Wildman–Crippen MR) is 58.8 cm³/mol. The molecule has 6 heteroatoms. The Bertz CT molecular complexity index is 247. The quantitative estimate of drug-likeness (QED) is 0.326. The molecule has 0 aromatic carbocycles. The van der Waals surface area contributed by atoms with Crippen LogP contribution in [0.3, 0.4) is 0 Å². The summed E-state index contributed by atoms with van der Waals surface area (Å²) in [5, 5.41) is 16.7. The Morgan fingerprint density at radius 1 is 1.00 bits per heavy atom. The van der Waals surface area contributed by atoms with Crippen LogP contribution in [0.1, 0.15) is 0 Å². The number of allylic oxidation sites excluding steroid dienone is 2. The third kappa shape index (κ3) is 6.62. The van der Waals surface area contributed by atoms with E-state index in [-0.39, 0.29) is 0 Å². The maximum absolute atomic E-state index is 10.2. The SMILES string of the molecule is O=C(O)C=CC(C=CC(=O)O)C(S)S. The Labute approximate surface area is 92.1 Å². The topological polar surface area (TPSA) is 74.6 Å². The second kappa shape index (κ2) is 6.56. The number of aliphatic carboxylic acids is 2. The summed E-state index contributed by atoms with van der Waals surface area (Å²) >= 11 is 7.95. The highest BCUT2D eigenvalue weighted by Crippen LogP contribution is 2.17. The van der Waals surface area contributed by atoms with Crippen LogP contribution < -0.4 is 0 Å². The minimum absolute atomic E-state index is 0.436. The predicted octanol–water partition coefficient (Wildman–Crippen LogP) is 1.07. The molecule has 0 aromatic rings. The van der Waals surface area contributed by atoms with Gasteiger partial charge in [-0.3, -0.25) is 0 Å². The summed E-state index contributed by atoms with van der Waals surface area (Å²) in [6, 6.07) is 0. The van der Waals surface area contributed by atoms with E-state index in [2.05, 4.69) is 25.3 Å². The van der Waals surface area contributed by atoms with Gasteiger partial charge in [-0.1, -0.05) is 12.2 Å². The van der Waals surface area contributed by atoms with E-state index in [0.717, 1.165) is 12.2 Å². The molecule has 0 unspecified atom stereocenters. The van der Waals surface area contributed by atoms with Crippen molar-refractivity contribution in [3.05, 3.63) is 24.3 Å². The van der Waals surface area contributed by atoms with Gasteiger partial charge >= 0.3 is 11.9 Å². The smallest absolute Gasteiger partial charge is 0.327 e. The Morgan fingerprint density at radius 3 is 1.57 bits per heavy atom. The van der Waals surface area contributed by atoms with Crippen molar-refractivity contribution in [2.24, 2.45) is 5.92 Å². The highest BCUT2D eigenvalue weighted by Gasteiger charge is 2.08. The molecule has 4 nitrogen and oxygen atoms in total. The highest BCUT2D eigenvalue weighted by molar-refractivity contribution is 7.99. The zero-order valence-electron chi connectivity index (χ0n) is 7.07. The summed E-state index contributed by atoms with van der Waals surface area (Å²) in [7, 11) is 0. The first-order valence-electron chi connectivity index (χ1n) is 3.62. The first-order valence-corrected chi connectivity index (χ1v) is 4.65. The van der Waals surface area contributed by atoms with Gasteiger partial charge in [-0.15, -0.1) is 0 Å². The summed E-state index contributed by atoms with van der Waals surface area (Å²) in [6.45, 7) is 0. The summed E-state index contributed by atoms with van der Waals surface area (Å²) < 4.78 is -0.443. The number of carboxylic acids is 2. The van der Waals surface area contributed by atoms with Crippen LogP contribution in [0.4, 0.5) is 0 Å². The average Bonchev–Trinajstić information content (AvgIpc) is 2.02. The van der Waals surface area contributed by atoms with Crippen molar-refractivity contribution in [2.75, 3.05) is 0 Å². The molecule has 0 bridgehead atoms. The number of hydrogen-bond acceptors (Lipinski definition) is 4. The molecule has 0 heterocycles. The maximum atomic E-state index is 10.2. The van der Waals surface area contributed by atoms with Crippen molar-refractivity contribution in [2.45, 2.75) is 4.58 Å². The summed E-state index contributed by atoms with van der Waals surface area (Å²) in [6.07, 6.45) is 4.51. The molecule has 0 atom stereocenters. The average molecular weight is 234 g/mol. The van der Waals surface area contributed by atoms with E-state index in [1.54, 1.807) is 0 Å². The van der Waals surface area contributed by atoms with Crippen molar-refractivity contribution in [1.29, 1.82) is 0 Å². The van der Waals surface area contributed by atoms with Crippen LogP contribution in [0.15, 0.2) is 24.3 Å². The fourth-order valence-corrected chi connectivity index (χ4v) is 1.05. The second-order valence-electron chi connectivity index (χ2n) is 2.39. The van der Waals surface area contributed by atoms with E-state index in [1.807, 2.05) is 0 Å². The fraction of sp³-hybridized carbons (Fsp3) is 0.250. The van der Waals surface area contributed by atoms with Gasteiger partial charge in [0, 0.05) is 18.1 Å². The van der Waals surface area contributed by atoms with E-state index < -0.39 is 22.4 Å². The van der Waals surface area contributed by atoms with Crippen LogP contribution in [0, 0.1) is 5.92 Å². The lowest BCUT2D eigenvalue weighted by Gasteiger charge is -2.09. The lowest BCUT2D eigenvalue weighted by molar-refractivity contribution is -0.132. The van der Waals surface area contributed by atoms with Gasteiger partial charge < -0.3 is 10.2 Å². The molecule has 0 saturated carbocycles. The first kappa shape index (κ1) is 13.1. The van der Waals surface area contributed by atoms with Crippen molar-refractivity contribution in [3.8, 4) is 0 Å². The van der Waals surface area contributed by atoms with Crippen LogP contribution in [0.25, 0.3) is 0 Å². The van der Waals surface area contributed by atoms with Crippen molar-refractivity contribution >= 4 is 37.2 Å². The number of thiol groups is 2. The van der Waals surface area contributed by atoms with Gasteiger partial charge in [-0.2, -0.15) is 25.3 Å². The molecule has 0 amide bonds. The molecule has 14 heavy (non-hydrogen) atoms. The minimum atomic E-state index is -1.10. The van der Waals surface area contributed by atoms with Crippen LogP contribution in [-0.2, 0) is 9.59 Å². The molecule has 0 rings (SSSR count). The van der Waals surface area contributed by atoms with Crippen LogP contribution >= 0.6 is 25.3 Å². The Hall–Kier alpha value is -0.880. The molecule has 78 valence electrons. The number of carbonyl (C=O) groups is 2. The van der Waals surface area contributed by atoms with E-state index >= 15 is 0 Å².